The van der Waals surface area contributed by atoms with Gasteiger partial charge in [-0.3, -0.25) is 0 Å². The number of hydrogen-bond acceptors (Lipinski definition) is 3. The first-order valence-electron chi connectivity index (χ1n) is 6.66. The van der Waals surface area contributed by atoms with Crippen LogP contribution in [0.3, 0.4) is 0 Å². The number of nitrogens with one attached hydrogen (secondary N) is 1. The number of aromatic nitrogens is 1. The summed E-state index contributed by atoms with van der Waals surface area (Å²) in [5.41, 5.74) is 6.70. The molecule has 2 rings (SSSR count). The summed E-state index contributed by atoms with van der Waals surface area (Å²) in [4.78, 5) is 5.63. The molecule has 3 N–H and O–H groups in total. The number of likely N-dealkylation sites (N-methyl/N-ethyl adjacent to an activating group) is 1. The van der Waals surface area contributed by atoms with E-state index in [1.165, 1.54) is 5.69 Å². The van der Waals surface area contributed by atoms with E-state index >= 15 is 0 Å². The molecule has 0 bridgehead atoms. The molecule has 1 fully saturated rings. The Morgan fingerprint density at radius 3 is 2.83 bits per heavy atom. The number of H-pyrrole nitrogens is 1. The second-order valence-electron chi connectivity index (χ2n) is 5.43. The van der Waals surface area contributed by atoms with Gasteiger partial charge in [0.25, 0.3) is 0 Å². The molecular weight excluding hydrogens is 224 g/mol. The van der Waals surface area contributed by atoms with Gasteiger partial charge in [0.1, 0.15) is 5.54 Å². The fraction of sp³-hybridized carbons (Fsp3) is 0.643. The summed E-state index contributed by atoms with van der Waals surface area (Å²) in [7, 11) is 2.17. The Bertz CT molecular complexity index is 396. The van der Waals surface area contributed by atoms with Crippen molar-refractivity contribution in [3.63, 3.8) is 0 Å². The Balaban J connectivity index is 1.77. The summed E-state index contributed by atoms with van der Waals surface area (Å²) in [5, 5.41) is 9.01. The highest BCUT2D eigenvalue weighted by atomic mass is 15.1. The zero-order valence-electron chi connectivity index (χ0n) is 11.0. The maximum atomic E-state index is 9.01. The highest BCUT2D eigenvalue weighted by molar-refractivity contribution is 5.08. The van der Waals surface area contributed by atoms with E-state index in [1.807, 2.05) is 12.3 Å². The van der Waals surface area contributed by atoms with Crippen molar-refractivity contribution in [1.29, 1.82) is 5.26 Å². The predicted molar refractivity (Wildman–Crippen MR) is 71.9 cm³/mol. The minimum atomic E-state index is -0.573. The van der Waals surface area contributed by atoms with Crippen LogP contribution in [0.15, 0.2) is 18.3 Å². The first-order valence-corrected chi connectivity index (χ1v) is 6.66. The number of nitriles is 1. The van der Waals surface area contributed by atoms with Gasteiger partial charge in [0.05, 0.1) is 6.07 Å². The van der Waals surface area contributed by atoms with Crippen LogP contribution in [0.5, 0.6) is 0 Å². The van der Waals surface area contributed by atoms with Crippen molar-refractivity contribution in [3.05, 3.63) is 24.0 Å². The molecule has 1 aliphatic rings. The fourth-order valence-corrected chi connectivity index (χ4v) is 2.67. The van der Waals surface area contributed by atoms with Crippen LogP contribution < -0.4 is 5.73 Å². The highest BCUT2D eigenvalue weighted by Crippen LogP contribution is 2.28. The van der Waals surface area contributed by atoms with Gasteiger partial charge >= 0.3 is 0 Å². The van der Waals surface area contributed by atoms with E-state index in [0.717, 1.165) is 38.6 Å². The predicted octanol–water partition coefficient (Wildman–Crippen LogP) is 1.65. The average molecular weight is 246 g/mol. The van der Waals surface area contributed by atoms with E-state index in [4.69, 9.17) is 11.0 Å². The SMILES string of the molecule is CN(CCc1ccc[nH]1)C1CCC(N)(C#N)CC1. The van der Waals surface area contributed by atoms with E-state index in [0.29, 0.717) is 6.04 Å². The van der Waals surface area contributed by atoms with Gasteiger partial charge in [-0.25, -0.2) is 0 Å². The molecule has 0 saturated heterocycles. The van der Waals surface area contributed by atoms with Crippen LogP contribution in [0.4, 0.5) is 0 Å². The molecule has 0 unspecified atom stereocenters. The van der Waals surface area contributed by atoms with E-state index in [9.17, 15) is 0 Å². The first-order chi connectivity index (χ1) is 8.63. The molecule has 4 heteroatoms. The molecule has 4 nitrogen and oxygen atoms in total. The van der Waals surface area contributed by atoms with Gasteiger partial charge in [-0.1, -0.05) is 0 Å². The zero-order valence-corrected chi connectivity index (χ0v) is 11.0. The minimum Gasteiger partial charge on any atom is -0.365 e. The summed E-state index contributed by atoms with van der Waals surface area (Å²) in [6, 6.07) is 6.98. The Morgan fingerprint density at radius 2 is 2.28 bits per heavy atom. The van der Waals surface area contributed by atoms with Gasteiger partial charge in [-0.05, 0) is 44.9 Å². The molecule has 1 aromatic rings. The number of aromatic amines is 1. The van der Waals surface area contributed by atoms with Crippen molar-refractivity contribution >= 4 is 0 Å². The largest absolute Gasteiger partial charge is 0.365 e. The van der Waals surface area contributed by atoms with E-state index in [1.54, 1.807) is 0 Å². The molecule has 1 heterocycles. The molecule has 0 atom stereocenters. The summed E-state index contributed by atoms with van der Waals surface area (Å²) < 4.78 is 0. The third-order valence-corrected chi connectivity index (χ3v) is 4.09. The molecule has 18 heavy (non-hydrogen) atoms. The number of hydrogen-bond donors (Lipinski definition) is 2. The minimum absolute atomic E-state index is 0.573. The van der Waals surface area contributed by atoms with Gasteiger partial charge in [-0.15, -0.1) is 0 Å². The first kappa shape index (κ1) is 13.1. The average Bonchev–Trinajstić information content (AvgIpc) is 2.90. The molecule has 98 valence electrons. The molecule has 0 aliphatic heterocycles. The second-order valence-corrected chi connectivity index (χ2v) is 5.43. The Labute approximate surface area is 109 Å². The zero-order chi connectivity index (χ0) is 13.0. The second kappa shape index (κ2) is 5.55. The van der Waals surface area contributed by atoms with Crippen LogP contribution in [0.2, 0.25) is 0 Å². The van der Waals surface area contributed by atoms with Crippen molar-refractivity contribution in [2.75, 3.05) is 13.6 Å². The number of rotatable bonds is 4. The lowest BCUT2D eigenvalue weighted by Gasteiger charge is -2.36. The summed E-state index contributed by atoms with van der Waals surface area (Å²) in [5.74, 6) is 0. The molecule has 1 aromatic heterocycles. The van der Waals surface area contributed by atoms with Gasteiger partial charge in [-0.2, -0.15) is 5.26 Å². The quantitative estimate of drug-likeness (QED) is 0.848. The van der Waals surface area contributed by atoms with Gasteiger partial charge < -0.3 is 15.6 Å². The van der Waals surface area contributed by atoms with Crippen molar-refractivity contribution in [1.82, 2.24) is 9.88 Å². The van der Waals surface area contributed by atoms with E-state index < -0.39 is 5.54 Å². The van der Waals surface area contributed by atoms with E-state index in [-0.39, 0.29) is 0 Å². The van der Waals surface area contributed by atoms with Crippen LogP contribution in [0.25, 0.3) is 0 Å². The van der Waals surface area contributed by atoms with Crippen LogP contribution >= 0.6 is 0 Å². The third kappa shape index (κ3) is 3.12. The molecule has 1 saturated carbocycles. The highest BCUT2D eigenvalue weighted by Gasteiger charge is 2.32. The standard InChI is InChI=1S/C14H22N4/c1-18(10-6-12-3-2-9-17-12)13-4-7-14(16,11-15)8-5-13/h2-3,9,13,17H,4-8,10,16H2,1H3. The van der Waals surface area contributed by atoms with Gasteiger partial charge in [0.2, 0.25) is 0 Å². The molecule has 0 spiro atoms. The van der Waals surface area contributed by atoms with E-state index in [2.05, 4.69) is 29.1 Å². The lowest BCUT2D eigenvalue weighted by molar-refractivity contribution is 0.169. The molecular formula is C14H22N4. The van der Waals surface area contributed by atoms with Crippen LogP contribution in [0, 0.1) is 11.3 Å². The Hall–Kier alpha value is -1.31. The molecule has 0 amide bonds. The summed E-state index contributed by atoms with van der Waals surface area (Å²) in [6.45, 7) is 1.05. The summed E-state index contributed by atoms with van der Waals surface area (Å²) in [6.07, 6.45) is 6.72. The Morgan fingerprint density at radius 1 is 1.56 bits per heavy atom. The van der Waals surface area contributed by atoms with Crippen molar-refractivity contribution in [2.45, 2.75) is 43.7 Å². The lowest BCUT2D eigenvalue weighted by atomic mass is 9.81. The maximum absolute atomic E-state index is 9.01. The molecule has 1 aliphatic carbocycles. The van der Waals surface area contributed by atoms with Crippen LogP contribution in [-0.4, -0.2) is 35.1 Å². The topological polar surface area (TPSA) is 68.8 Å². The van der Waals surface area contributed by atoms with Crippen molar-refractivity contribution < 1.29 is 0 Å². The Kier molecular flexibility index (Phi) is 4.05. The maximum Gasteiger partial charge on any atom is 0.104 e. The van der Waals surface area contributed by atoms with Gasteiger partial charge in [0.15, 0.2) is 0 Å². The fourth-order valence-electron chi connectivity index (χ4n) is 2.67. The number of nitrogens with zero attached hydrogens (tertiary/aromatic N) is 2. The monoisotopic (exact) mass is 246 g/mol. The smallest absolute Gasteiger partial charge is 0.104 e. The van der Waals surface area contributed by atoms with Crippen LogP contribution in [0.1, 0.15) is 31.4 Å². The molecule has 0 radical (unpaired) electrons. The normalized spacial score (nSPS) is 28.2. The lowest BCUT2D eigenvalue weighted by Crippen LogP contribution is -2.47. The van der Waals surface area contributed by atoms with Crippen LogP contribution in [-0.2, 0) is 6.42 Å². The number of nitrogens with two attached hydrogens (primary N) is 1. The van der Waals surface area contributed by atoms with Gasteiger partial charge in [0, 0.05) is 30.9 Å². The van der Waals surface area contributed by atoms with Crippen molar-refractivity contribution in [3.8, 4) is 6.07 Å². The molecule has 0 aromatic carbocycles. The van der Waals surface area contributed by atoms with Crippen molar-refractivity contribution in [2.24, 2.45) is 5.73 Å². The summed E-state index contributed by atoms with van der Waals surface area (Å²) >= 11 is 0. The third-order valence-electron chi connectivity index (χ3n) is 4.09.